The van der Waals surface area contributed by atoms with Crippen LogP contribution in [0.3, 0.4) is 0 Å². The van der Waals surface area contributed by atoms with Gasteiger partial charge in [0.15, 0.2) is 0 Å². The Bertz CT molecular complexity index is 596. The summed E-state index contributed by atoms with van der Waals surface area (Å²) >= 11 is 1.67. The van der Waals surface area contributed by atoms with E-state index in [-0.39, 0.29) is 6.03 Å². The second kappa shape index (κ2) is 7.12. The van der Waals surface area contributed by atoms with Crippen LogP contribution in [0.5, 0.6) is 0 Å². The third kappa shape index (κ3) is 4.49. The summed E-state index contributed by atoms with van der Waals surface area (Å²) in [6.07, 6.45) is 5.32. The number of nitrogens with one attached hydrogen (secondary N) is 1. The lowest BCUT2D eigenvalue weighted by Crippen LogP contribution is -2.30. The lowest BCUT2D eigenvalue weighted by atomic mass is 10.3. The highest BCUT2D eigenvalue weighted by Crippen LogP contribution is 2.16. The fraction of sp³-hybridized carbons (Fsp3) is 0.357. The van der Waals surface area contributed by atoms with Crippen LogP contribution in [0.25, 0.3) is 0 Å². The number of pyridine rings is 1. The maximum Gasteiger partial charge on any atom is 0.321 e. The lowest BCUT2D eigenvalue weighted by Gasteiger charge is -2.17. The fourth-order valence-corrected chi connectivity index (χ4v) is 2.39. The first-order valence-electron chi connectivity index (χ1n) is 6.67. The Hall–Kier alpha value is -2.02. The minimum atomic E-state index is -0.170. The van der Waals surface area contributed by atoms with Crippen molar-refractivity contribution in [3.05, 3.63) is 36.3 Å². The van der Waals surface area contributed by atoms with Crippen LogP contribution in [0.1, 0.15) is 12.5 Å². The van der Waals surface area contributed by atoms with Gasteiger partial charge in [-0.1, -0.05) is 6.92 Å². The number of carbonyl (C=O) groups excluding carboxylic acids is 1. The number of amides is 2. The number of thioether (sulfide) groups is 1. The number of urea groups is 1. The van der Waals surface area contributed by atoms with Gasteiger partial charge in [0.1, 0.15) is 0 Å². The number of carbonyl (C=O) groups is 1. The largest absolute Gasteiger partial charge is 0.323 e. The quantitative estimate of drug-likeness (QED) is 0.862. The number of aryl methyl sites for hydroxylation is 1. The van der Waals surface area contributed by atoms with Crippen LogP contribution < -0.4 is 5.32 Å². The van der Waals surface area contributed by atoms with Crippen LogP contribution in [0, 0.1) is 0 Å². The molecule has 0 saturated carbocycles. The number of hydrogen-bond acceptors (Lipinski definition) is 4. The number of anilines is 1. The van der Waals surface area contributed by atoms with E-state index < -0.39 is 0 Å². The van der Waals surface area contributed by atoms with E-state index in [0.29, 0.717) is 12.2 Å². The highest BCUT2D eigenvalue weighted by atomic mass is 32.2. The standard InChI is InChI=1S/C14H19N5OS/c1-4-21-13-6-5-12(8-15-13)17-14(20)18(2)9-11-7-16-19(3)10-11/h5-8,10H,4,9H2,1-3H3,(H,17,20). The van der Waals surface area contributed by atoms with E-state index in [1.807, 2.05) is 25.4 Å². The van der Waals surface area contributed by atoms with Gasteiger partial charge in [-0.05, 0) is 17.9 Å². The van der Waals surface area contributed by atoms with Gasteiger partial charge in [-0.15, -0.1) is 11.8 Å². The smallest absolute Gasteiger partial charge is 0.321 e. The molecule has 21 heavy (non-hydrogen) atoms. The molecule has 0 fully saturated rings. The number of aromatic nitrogens is 3. The van der Waals surface area contributed by atoms with Gasteiger partial charge in [-0.25, -0.2) is 9.78 Å². The van der Waals surface area contributed by atoms with E-state index in [1.165, 1.54) is 0 Å². The summed E-state index contributed by atoms with van der Waals surface area (Å²) in [4.78, 5) is 18.0. The molecule has 0 aliphatic carbocycles. The highest BCUT2D eigenvalue weighted by Gasteiger charge is 2.10. The predicted molar refractivity (Wildman–Crippen MR) is 84.3 cm³/mol. The molecule has 0 saturated heterocycles. The molecule has 2 amide bonds. The molecule has 0 atom stereocenters. The van der Waals surface area contributed by atoms with Gasteiger partial charge < -0.3 is 10.2 Å². The molecular formula is C14H19N5OS. The van der Waals surface area contributed by atoms with Crippen LogP contribution >= 0.6 is 11.8 Å². The van der Waals surface area contributed by atoms with Gasteiger partial charge in [0, 0.05) is 25.9 Å². The predicted octanol–water partition coefficient (Wildman–Crippen LogP) is 2.59. The summed E-state index contributed by atoms with van der Waals surface area (Å²) in [6.45, 7) is 2.59. The van der Waals surface area contributed by atoms with Gasteiger partial charge in [0.05, 0.1) is 29.7 Å². The molecule has 1 N–H and O–H groups in total. The normalized spacial score (nSPS) is 10.4. The molecule has 0 spiro atoms. The summed E-state index contributed by atoms with van der Waals surface area (Å²) in [5, 5.41) is 7.87. The molecule has 112 valence electrons. The zero-order valence-electron chi connectivity index (χ0n) is 12.4. The molecule has 2 aromatic rings. The molecule has 0 aliphatic heterocycles. The van der Waals surface area contributed by atoms with Gasteiger partial charge in [-0.2, -0.15) is 5.10 Å². The first-order valence-corrected chi connectivity index (χ1v) is 7.65. The van der Waals surface area contributed by atoms with Crippen molar-refractivity contribution in [3.63, 3.8) is 0 Å². The Balaban J connectivity index is 1.90. The molecule has 0 bridgehead atoms. The maximum atomic E-state index is 12.1. The Kier molecular flexibility index (Phi) is 5.21. The van der Waals surface area contributed by atoms with Crippen molar-refractivity contribution in [2.75, 3.05) is 18.1 Å². The Morgan fingerprint density at radius 1 is 1.43 bits per heavy atom. The second-order valence-corrected chi connectivity index (χ2v) is 5.91. The number of nitrogens with zero attached hydrogens (tertiary/aromatic N) is 4. The van der Waals surface area contributed by atoms with Crippen LogP contribution in [-0.4, -0.2) is 38.5 Å². The van der Waals surface area contributed by atoms with E-state index in [2.05, 4.69) is 22.3 Å². The van der Waals surface area contributed by atoms with Crippen LogP contribution in [-0.2, 0) is 13.6 Å². The molecular weight excluding hydrogens is 286 g/mol. The molecule has 0 aliphatic rings. The van der Waals surface area contributed by atoms with Gasteiger partial charge in [-0.3, -0.25) is 4.68 Å². The second-order valence-electron chi connectivity index (χ2n) is 4.63. The van der Waals surface area contributed by atoms with Crippen LogP contribution in [0.4, 0.5) is 10.5 Å². The minimum Gasteiger partial charge on any atom is -0.323 e. The molecule has 0 unspecified atom stereocenters. The van der Waals surface area contributed by atoms with Crippen molar-refractivity contribution in [2.45, 2.75) is 18.5 Å². The van der Waals surface area contributed by atoms with Crippen molar-refractivity contribution in [1.29, 1.82) is 0 Å². The van der Waals surface area contributed by atoms with Crippen LogP contribution in [0.15, 0.2) is 35.7 Å². The average Bonchev–Trinajstić information content (AvgIpc) is 2.86. The molecule has 0 aromatic carbocycles. The molecule has 2 aromatic heterocycles. The first-order chi connectivity index (χ1) is 10.1. The summed E-state index contributed by atoms with van der Waals surface area (Å²) in [5.74, 6) is 0.979. The van der Waals surface area contributed by atoms with E-state index in [1.54, 1.807) is 40.8 Å². The SMILES string of the molecule is CCSc1ccc(NC(=O)N(C)Cc2cnn(C)c2)cn1. The summed E-state index contributed by atoms with van der Waals surface area (Å²) in [5.41, 5.74) is 1.68. The van der Waals surface area contributed by atoms with Gasteiger partial charge in [0.25, 0.3) is 0 Å². The zero-order valence-corrected chi connectivity index (χ0v) is 13.2. The Morgan fingerprint density at radius 3 is 2.81 bits per heavy atom. The molecule has 2 heterocycles. The van der Waals surface area contributed by atoms with Crippen molar-refractivity contribution < 1.29 is 4.79 Å². The summed E-state index contributed by atoms with van der Waals surface area (Å²) < 4.78 is 1.72. The molecule has 6 nitrogen and oxygen atoms in total. The van der Waals surface area contributed by atoms with E-state index in [4.69, 9.17) is 0 Å². The number of hydrogen-bond donors (Lipinski definition) is 1. The monoisotopic (exact) mass is 305 g/mol. The molecule has 7 heteroatoms. The first kappa shape index (κ1) is 15.4. The zero-order chi connectivity index (χ0) is 15.2. The topological polar surface area (TPSA) is 63.1 Å². The van der Waals surface area contributed by atoms with E-state index in [9.17, 15) is 4.79 Å². The van der Waals surface area contributed by atoms with Gasteiger partial charge in [0.2, 0.25) is 0 Å². The van der Waals surface area contributed by atoms with Crippen molar-refractivity contribution >= 4 is 23.5 Å². The molecule has 0 radical (unpaired) electrons. The Morgan fingerprint density at radius 2 is 2.24 bits per heavy atom. The van der Waals surface area contributed by atoms with Crippen molar-refractivity contribution in [1.82, 2.24) is 19.7 Å². The number of rotatable bonds is 5. The van der Waals surface area contributed by atoms with E-state index >= 15 is 0 Å². The Labute approximate surface area is 128 Å². The maximum absolute atomic E-state index is 12.1. The average molecular weight is 305 g/mol. The fourth-order valence-electron chi connectivity index (χ4n) is 1.81. The third-order valence-electron chi connectivity index (χ3n) is 2.80. The summed E-state index contributed by atoms with van der Waals surface area (Å²) in [7, 11) is 3.60. The molecule has 2 rings (SSSR count). The van der Waals surface area contributed by atoms with Crippen molar-refractivity contribution in [3.8, 4) is 0 Å². The summed E-state index contributed by atoms with van der Waals surface area (Å²) in [6, 6.07) is 3.60. The third-order valence-corrected chi connectivity index (χ3v) is 3.63. The lowest BCUT2D eigenvalue weighted by molar-refractivity contribution is 0.220. The van der Waals surface area contributed by atoms with Crippen molar-refractivity contribution in [2.24, 2.45) is 7.05 Å². The minimum absolute atomic E-state index is 0.170. The van der Waals surface area contributed by atoms with Crippen LogP contribution in [0.2, 0.25) is 0 Å². The van der Waals surface area contributed by atoms with E-state index in [0.717, 1.165) is 16.3 Å². The highest BCUT2D eigenvalue weighted by molar-refractivity contribution is 7.99. The van der Waals surface area contributed by atoms with Gasteiger partial charge >= 0.3 is 6.03 Å².